The molecule has 5 nitrogen and oxygen atoms in total. The summed E-state index contributed by atoms with van der Waals surface area (Å²) in [6.45, 7) is 6.24. The van der Waals surface area contributed by atoms with Crippen LogP contribution in [0.3, 0.4) is 0 Å². The third-order valence-electron chi connectivity index (χ3n) is 2.95. The first kappa shape index (κ1) is 15.4. The van der Waals surface area contributed by atoms with Gasteiger partial charge in [-0.05, 0) is 31.5 Å². The Morgan fingerprint density at radius 3 is 2.67 bits per heavy atom. The van der Waals surface area contributed by atoms with Crippen molar-refractivity contribution in [3.05, 3.63) is 42.2 Å². The molecule has 2 rings (SSSR count). The number of hydrogen-bond donors (Lipinski definition) is 1. The predicted molar refractivity (Wildman–Crippen MR) is 83.6 cm³/mol. The fourth-order valence-electron chi connectivity index (χ4n) is 1.92. The van der Waals surface area contributed by atoms with Crippen LogP contribution in [0.4, 0.5) is 5.69 Å². The quantitative estimate of drug-likeness (QED) is 0.811. The molecule has 0 saturated carbocycles. The van der Waals surface area contributed by atoms with Crippen LogP contribution >= 0.6 is 0 Å². The molecule has 0 aliphatic rings. The van der Waals surface area contributed by atoms with Crippen molar-refractivity contribution in [2.45, 2.75) is 33.0 Å². The lowest BCUT2D eigenvalue weighted by molar-refractivity contribution is 0.183. The van der Waals surface area contributed by atoms with E-state index in [0.717, 1.165) is 24.5 Å². The van der Waals surface area contributed by atoms with Crippen LogP contribution in [0.2, 0.25) is 0 Å². The van der Waals surface area contributed by atoms with Crippen molar-refractivity contribution in [3.8, 4) is 5.75 Å². The van der Waals surface area contributed by atoms with E-state index in [1.807, 2.05) is 43.1 Å². The summed E-state index contributed by atoms with van der Waals surface area (Å²) in [4.78, 5) is 0. The smallest absolute Gasteiger partial charge is 0.119 e. The standard InChI is InChI=1S/C16H23N3O2/c1-13(2)21-16-6-4-14(5-7-16)10-17-15-11-18-19(12-15)8-9-20-3/h4-7,11-13,17H,8-10H2,1-3H3. The molecule has 21 heavy (non-hydrogen) atoms. The molecule has 0 aliphatic carbocycles. The van der Waals surface area contributed by atoms with E-state index in [0.29, 0.717) is 6.61 Å². The van der Waals surface area contributed by atoms with Crippen molar-refractivity contribution in [2.24, 2.45) is 0 Å². The van der Waals surface area contributed by atoms with Crippen LogP contribution in [0.15, 0.2) is 36.7 Å². The molecule has 0 spiro atoms. The van der Waals surface area contributed by atoms with Crippen LogP contribution in [-0.4, -0.2) is 29.6 Å². The molecule has 114 valence electrons. The Morgan fingerprint density at radius 1 is 1.24 bits per heavy atom. The first-order valence-corrected chi connectivity index (χ1v) is 7.18. The molecular formula is C16H23N3O2. The lowest BCUT2D eigenvalue weighted by atomic mass is 10.2. The zero-order valence-electron chi connectivity index (χ0n) is 12.9. The first-order valence-electron chi connectivity index (χ1n) is 7.18. The maximum absolute atomic E-state index is 5.63. The molecule has 1 aromatic carbocycles. The Morgan fingerprint density at radius 2 is 2.00 bits per heavy atom. The van der Waals surface area contributed by atoms with Crippen LogP contribution in [0, 0.1) is 0 Å². The number of anilines is 1. The summed E-state index contributed by atoms with van der Waals surface area (Å²) in [6, 6.07) is 8.14. The number of nitrogens with zero attached hydrogens (tertiary/aromatic N) is 2. The van der Waals surface area contributed by atoms with Crippen molar-refractivity contribution in [3.63, 3.8) is 0 Å². The number of methoxy groups -OCH3 is 1. The van der Waals surface area contributed by atoms with Gasteiger partial charge in [-0.2, -0.15) is 5.10 Å². The normalized spacial score (nSPS) is 10.9. The summed E-state index contributed by atoms with van der Waals surface area (Å²) < 4.78 is 12.5. The van der Waals surface area contributed by atoms with Crippen molar-refractivity contribution < 1.29 is 9.47 Å². The minimum Gasteiger partial charge on any atom is -0.491 e. The summed E-state index contributed by atoms with van der Waals surface area (Å²) in [6.07, 6.45) is 4.01. The van der Waals surface area contributed by atoms with Gasteiger partial charge in [0.15, 0.2) is 0 Å². The van der Waals surface area contributed by atoms with Crippen LogP contribution in [0.1, 0.15) is 19.4 Å². The maximum Gasteiger partial charge on any atom is 0.119 e. The largest absolute Gasteiger partial charge is 0.491 e. The van der Waals surface area contributed by atoms with E-state index >= 15 is 0 Å². The van der Waals surface area contributed by atoms with Crippen LogP contribution in [0.25, 0.3) is 0 Å². The van der Waals surface area contributed by atoms with E-state index in [-0.39, 0.29) is 6.10 Å². The fourth-order valence-corrected chi connectivity index (χ4v) is 1.92. The van der Waals surface area contributed by atoms with Gasteiger partial charge in [0.1, 0.15) is 5.75 Å². The Hall–Kier alpha value is -2.01. The second-order valence-electron chi connectivity index (χ2n) is 5.15. The number of nitrogens with one attached hydrogen (secondary N) is 1. The molecule has 2 aromatic rings. The Bertz CT molecular complexity index is 535. The molecule has 0 unspecified atom stereocenters. The van der Waals surface area contributed by atoms with Crippen LogP contribution < -0.4 is 10.1 Å². The average molecular weight is 289 g/mol. The molecule has 1 aromatic heterocycles. The summed E-state index contributed by atoms with van der Waals surface area (Å²) in [5, 5.41) is 7.62. The van der Waals surface area contributed by atoms with Crippen LogP contribution in [-0.2, 0) is 17.8 Å². The molecule has 5 heteroatoms. The van der Waals surface area contributed by atoms with E-state index in [1.165, 1.54) is 5.56 Å². The molecule has 0 bridgehead atoms. The predicted octanol–water partition coefficient (Wildman–Crippen LogP) is 2.93. The number of hydrogen-bond acceptors (Lipinski definition) is 4. The van der Waals surface area contributed by atoms with Gasteiger partial charge in [0.25, 0.3) is 0 Å². The Labute approximate surface area is 125 Å². The second kappa shape index (κ2) is 7.69. The zero-order chi connectivity index (χ0) is 15.1. The van der Waals surface area contributed by atoms with Crippen molar-refractivity contribution in [2.75, 3.05) is 19.0 Å². The fraction of sp³-hybridized carbons (Fsp3) is 0.438. The highest BCUT2D eigenvalue weighted by atomic mass is 16.5. The monoisotopic (exact) mass is 289 g/mol. The first-order chi connectivity index (χ1) is 10.2. The van der Waals surface area contributed by atoms with E-state index in [9.17, 15) is 0 Å². The van der Waals surface area contributed by atoms with E-state index in [1.54, 1.807) is 7.11 Å². The van der Waals surface area contributed by atoms with Gasteiger partial charge in [-0.1, -0.05) is 12.1 Å². The summed E-state index contributed by atoms with van der Waals surface area (Å²) >= 11 is 0. The van der Waals surface area contributed by atoms with Gasteiger partial charge in [-0.3, -0.25) is 4.68 Å². The average Bonchev–Trinajstić information content (AvgIpc) is 2.92. The van der Waals surface area contributed by atoms with Crippen molar-refractivity contribution in [1.29, 1.82) is 0 Å². The number of ether oxygens (including phenoxy) is 2. The molecule has 1 N–H and O–H groups in total. The third kappa shape index (κ3) is 5.11. The number of aromatic nitrogens is 2. The molecule has 0 aliphatic heterocycles. The van der Waals surface area contributed by atoms with Gasteiger partial charge in [0.2, 0.25) is 0 Å². The van der Waals surface area contributed by atoms with Gasteiger partial charge in [0.05, 0.1) is 31.1 Å². The molecular weight excluding hydrogens is 266 g/mol. The maximum atomic E-state index is 5.63. The van der Waals surface area contributed by atoms with Crippen molar-refractivity contribution >= 4 is 5.69 Å². The SMILES string of the molecule is COCCn1cc(NCc2ccc(OC(C)C)cc2)cn1. The Balaban J connectivity index is 1.83. The van der Waals surface area contributed by atoms with E-state index in [4.69, 9.17) is 9.47 Å². The lowest BCUT2D eigenvalue weighted by Gasteiger charge is -2.10. The van der Waals surface area contributed by atoms with Gasteiger partial charge in [-0.25, -0.2) is 0 Å². The minimum atomic E-state index is 0.201. The third-order valence-corrected chi connectivity index (χ3v) is 2.95. The molecule has 0 radical (unpaired) electrons. The van der Waals surface area contributed by atoms with Crippen LogP contribution in [0.5, 0.6) is 5.75 Å². The van der Waals surface area contributed by atoms with E-state index < -0.39 is 0 Å². The van der Waals surface area contributed by atoms with Gasteiger partial charge >= 0.3 is 0 Å². The van der Waals surface area contributed by atoms with Gasteiger partial charge < -0.3 is 14.8 Å². The molecule has 0 atom stereocenters. The van der Waals surface area contributed by atoms with E-state index in [2.05, 4.69) is 22.5 Å². The molecule has 1 heterocycles. The summed E-state index contributed by atoms with van der Waals surface area (Å²) in [5.41, 5.74) is 2.21. The molecule has 0 fully saturated rings. The Kier molecular flexibility index (Phi) is 5.63. The highest BCUT2D eigenvalue weighted by Gasteiger charge is 2.00. The number of benzene rings is 1. The summed E-state index contributed by atoms with van der Waals surface area (Å²) in [5.74, 6) is 0.904. The molecule has 0 saturated heterocycles. The number of rotatable bonds is 8. The molecule has 0 amide bonds. The highest BCUT2D eigenvalue weighted by Crippen LogP contribution is 2.15. The lowest BCUT2D eigenvalue weighted by Crippen LogP contribution is -2.05. The second-order valence-corrected chi connectivity index (χ2v) is 5.15. The zero-order valence-corrected chi connectivity index (χ0v) is 12.9. The summed E-state index contributed by atoms with van der Waals surface area (Å²) in [7, 11) is 1.69. The topological polar surface area (TPSA) is 48.3 Å². The van der Waals surface area contributed by atoms with Gasteiger partial charge in [-0.15, -0.1) is 0 Å². The van der Waals surface area contributed by atoms with Gasteiger partial charge in [0, 0.05) is 19.9 Å². The van der Waals surface area contributed by atoms with Crippen molar-refractivity contribution in [1.82, 2.24) is 9.78 Å². The highest BCUT2D eigenvalue weighted by molar-refractivity contribution is 5.39. The minimum absolute atomic E-state index is 0.201.